The number of para-hydroxylation sites is 1. The zero-order valence-electron chi connectivity index (χ0n) is 8.63. The molecule has 86 valence electrons. The van der Waals surface area contributed by atoms with E-state index >= 15 is 0 Å². The molecule has 0 aromatic heterocycles. The highest BCUT2D eigenvalue weighted by molar-refractivity contribution is 6.28. The van der Waals surface area contributed by atoms with Gasteiger partial charge in [0.1, 0.15) is 17.3 Å². The number of nitrogens with two attached hydrogens (primary N) is 1. The van der Waals surface area contributed by atoms with Crippen LogP contribution in [0.1, 0.15) is 10.4 Å². The summed E-state index contributed by atoms with van der Waals surface area (Å²) in [5.41, 5.74) is 5.43. The van der Waals surface area contributed by atoms with Gasteiger partial charge in [0.15, 0.2) is 0 Å². The van der Waals surface area contributed by atoms with Crippen LogP contribution < -0.4 is 11.1 Å². The number of carbonyl (C=O) groups excluding carboxylic acids is 1. The Labute approximate surface area is 97.3 Å². The normalized spacial score (nSPS) is 11.3. The molecular weight excluding hydrogens is 233 g/mol. The van der Waals surface area contributed by atoms with E-state index in [2.05, 4.69) is 10.3 Å². The maximum atomic E-state index is 13.5. The van der Waals surface area contributed by atoms with Gasteiger partial charge in [0.2, 0.25) is 0 Å². The molecule has 0 saturated carbocycles. The van der Waals surface area contributed by atoms with Crippen molar-refractivity contribution in [2.24, 2.45) is 10.7 Å². The molecule has 0 bridgehead atoms. The van der Waals surface area contributed by atoms with E-state index < -0.39 is 11.7 Å². The van der Waals surface area contributed by atoms with Gasteiger partial charge >= 0.3 is 0 Å². The number of halogens is 2. The monoisotopic (exact) mass is 243 g/mol. The predicted octanol–water partition coefficient (Wildman–Crippen LogP) is 1.41. The van der Waals surface area contributed by atoms with E-state index in [4.69, 9.17) is 17.3 Å². The molecule has 0 heterocycles. The van der Waals surface area contributed by atoms with E-state index in [1.165, 1.54) is 25.2 Å². The average Bonchev–Trinajstić information content (AvgIpc) is 2.30. The highest BCUT2D eigenvalue weighted by Gasteiger charge is 2.13. The van der Waals surface area contributed by atoms with Crippen LogP contribution >= 0.6 is 11.6 Å². The second-order valence-corrected chi connectivity index (χ2v) is 3.22. The first kappa shape index (κ1) is 12.4. The summed E-state index contributed by atoms with van der Waals surface area (Å²) in [6.07, 6.45) is 0. The average molecular weight is 244 g/mol. The van der Waals surface area contributed by atoms with Gasteiger partial charge in [-0.3, -0.25) is 4.79 Å². The van der Waals surface area contributed by atoms with Crippen LogP contribution in [0.2, 0.25) is 0 Å². The molecule has 0 spiro atoms. The van der Waals surface area contributed by atoms with Crippen LogP contribution in [-0.4, -0.2) is 24.7 Å². The number of nitrogens with one attached hydrogen (secondary N) is 1. The summed E-state index contributed by atoms with van der Waals surface area (Å²) >= 11 is 5.44. The Morgan fingerprint density at radius 2 is 2.31 bits per heavy atom. The minimum atomic E-state index is -0.617. The highest BCUT2D eigenvalue weighted by atomic mass is 35.5. The van der Waals surface area contributed by atoms with E-state index in [0.717, 1.165) is 0 Å². The fraction of sp³-hybridized carbons (Fsp3) is 0.200. The molecule has 1 aromatic rings. The number of carbonyl (C=O) groups is 1. The van der Waals surface area contributed by atoms with Gasteiger partial charge in [0.05, 0.1) is 11.4 Å². The summed E-state index contributed by atoms with van der Waals surface area (Å²) in [6.45, 7) is 0. The molecular formula is C10H11ClFN3O. The summed E-state index contributed by atoms with van der Waals surface area (Å²) in [7, 11) is 1.45. The van der Waals surface area contributed by atoms with Gasteiger partial charge in [0.25, 0.3) is 5.91 Å². The lowest BCUT2D eigenvalue weighted by Crippen LogP contribution is -2.19. The Bertz CT molecular complexity index is 434. The van der Waals surface area contributed by atoms with Crippen LogP contribution in [0.15, 0.2) is 23.2 Å². The van der Waals surface area contributed by atoms with Crippen molar-refractivity contribution in [3.05, 3.63) is 29.6 Å². The smallest absolute Gasteiger partial charge is 0.253 e. The molecule has 3 N–H and O–H groups in total. The molecule has 0 fully saturated rings. The summed E-state index contributed by atoms with van der Waals surface area (Å²) < 4.78 is 13.5. The van der Waals surface area contributed by atoms with Gasteiger partial charge in [0, 0.05) is 7.05 Å². The Morgan fingerprint density at radius 1 is 1.62 bits per heavy atom. The molecule has 6 heteroatoms. The Balaban J connectivity index is 3.29. The number of amidine groups is 1. The van der Waals surface area contributed by atoms with Crippen molar-refractivity contribution in [1.29, 1.82) is 0 Å². The van der Waals surface area contributed by atoms with E-state index in [1.54, 1.807) is 0 Å². The van der Waals surface area contributed by atoms with E-state index in [0.29, 0.717) is 0 Å². The minimum Gasteiger partial charge on any atom is -0.386 e. The van der Waals surface area contributed by atoms with E-state index in [-0.39, 0.29) is 23.0 Å². The molecule has 1 amide bonds. The third-order valence-corrected chi connectivity index (χ3v) is 2.12. The molecule has 4 nitrogen and oxygen atoms in total. The van der Waals surface area contributed by atoms with Crippen molar-refractivity contribution in [2.45, 2.75) is 0 Å². The van der Waals surface area contributed by atoms with Crippen LogP contribution in [0.3, 0.4) is 0 Å². The van der Waals surface area contributed by atoms with Crippen molar-refractivity contribution in [2.75, 3.05) is 12.9 Å². The molecule has 0 radical (unpaired) electrons. The van der Waals surface area contributed by atoms with Crippen LogP contribution in [0, 0.1) is 5.82 Å². The van der Waals surface area contributed by atoms with Gasteiger partial charge in [-0.05, 0) is 12.1 Å². The SMILES string of the molecule is CNC(=O)c1cccc(F)c1N=C(N)CCl. The lowest BCUT2D eigenvalue weighted by Gasteiger charge is -2.05. The zero-order valence-corrected chi connectivity index (χ0v) is 9.38. The summed E-state index contributed by atoms with van der Waals surface area (Å²) in [5, 5.41) is 2.39. The van der Waals surface area contributed by atoms with Gasteiger partial charge in [-0.25, -0.2) is 9.38 Å². The molecule has 0 saturated heterocycles. The number of hydrogen-bond acceptors (Lipinski definition) is 2. The molecule has 16 heavy (non-hydrogen) atoms. The molecule has 1 rings (SSSR count). The predicted molar refractivity (Wildman–Crippen MR) is 61.8 cm³/mol. The largest absolute Gasteiger partial charge is 0.386 e. The molecule has 1 aromatic carbocycles. The van der Waals surface area contributed by atoms with Crippen LogP contribution in [0.25, 0.3) is 0 Å². The highest BCUT2D eigenvalue weighted by Crippen LogP contribution is 2.23. The topological polar surface area (TPSA) is 67.5 Å². The molecule has 0 atom stereocenters. The van der Waals surface area contributed by atoms with Crippen molar-refractivity contribution in [1.82, 2.24) is 5.32 Å². The summed E-state index contributed by atoms with van der Waals surface area (Å²) in [6, 6.07) is 4.09. The van der Waals surface area contributed by atoms with Crippen LogP contribution in [-0.2, 0) is 0 Å². The first-order valence-corrected chi connectivity index (χ1v) is 5.03. The maximum Gasteiger partial charge on any atom is 0.253 e. The fourth-order valence-corrected chi connectivity index (χ4v) is 1.18. The van der Waals surface area contributed by atoms with Crippen molar-refractivity contribution >= 4 is 29.0 Å². The zero-order chi connectivity index (χ0) is 12.1. The van der Waals surface area contributed by atoms with Gasteiger partial charge in [-0.1, -0.05) is 6.07 Å². The van der Waals surface area contributed by atoms with Crippen molar-refractivity contribution < 1.29 is 9.18 Å². The second-order valence-electron chi connectivity index (χ2n) is 2.95. The third-order valence-electron chi connectivity index (χ3n) is 1.85. The first-order chi connectivity index (χ1) is 7.60. The Kier molecular flexibility index (Phi) is 4.25. The van der Waals surface area contributed by atoms with Crippen molar-refractivity contribution in [3.63, 3.8) is 0 Å². The lowest BCUT2D eigenvalue weighted by atomic mass is 10.1. The van der Waals surface area contributed by atoms with Crippen LogP contribution in [0.5, 0.6) is 0 Å². The minimum absolute atomic E-state index is 0.0263. The van der Waals surface area contributed by atoms with Gasteiger partial charge in [-0.2, -0.15) is 0 Å². The molecule has 0 unspecified atom stereocenters. The van der Waals surface area contributed by atoms with Gasteiger partial charge < -0.3 is 11.1 Å². The molecule has 0 aliphatic carbocycles. The molecule has 0 aliphatic heterocycles. The maximum absolute atomic E-state index is 13.5. The summed E-state index contributed by atoms with van der Waals surface area (Å²) in [5.74, 6) is -1.02. The number of benzene rings is 1. The second kappa shape index (κ2) is 5.46. The number of hydrogen-bond donors (Lipinski definition) is 2. The fourth-order valence-electron chi connectivity index (χ4n) is 1.12. The lowest BCUT2D eigenvalue weighted by molar-refractivity contribution is 0.0963. The summed E-state index contributed by atoms with van der Waals surface area (Å²) in [4.78, 5) is 15.2. The number of rotatable bonds is 3. The number of aliphatic imine (C=N–C) groups is 1. The van der Waals surface area contributed by atoms with Crippen molar-refractivity contribution in [3.8, 4) is 0 Å². The Morgan fingerprint density at radius 3 is 2.88 bits per heavy atom. The Hall–Kier alpha value is -1.62. The number of nitrogens with zero attached hydrogens (tertiary/aromatic N) is 1. The van der Waals surface area contributed by atoms with E-state index in [9.17, 15) is 9.18 Å². The van der Waals surface area contributed by atoms with Gasteiger partial charge in [-0.15, -0.1) is 11.6 Å². The third kappa shape index (κ3) is 2.70. The number of alkyl halides is 1. The number of amides is 1. The quantitative estimate of drug-likeness (QED) is 0.479. The molecule has 0 aliphatic rings. The van der Waals surface area contributed by atoms with E-state index in [1.807, 2.05) is 0 Å². The first-order valence-electron chi connectivity index (χ1n) is 4.49. The standard InChI is InChI=1S/C10H11ClFN3O/c1-14-10(16)6-3-2-4-7(12)9(6)15-8(13)5-11/h2-4H,5H2,1H3,(H2,13,15)(H,14,16). The van der Waals surface area contributed by atoms with Crippen LogP contribution in [0.4, 0.5) is 10.1 Å².